The maximum Gasteiger partial charge on any atom is 0.418 e. The van der Waals surface area contributed by atoms with Gasteiger partial charge in [0.05, 0.1) is 22.4 Å². The van der Waals surface area contributed by atoms with Gasteiger partial charge in [-0.1, -0.05) is 0 Å². The Labute approximate surface area is 148 Å². The first kappa shape index (κ1) is 18.2. The van der Waals surface area contributed by atoms with Crippen LogP contribution in [-0.4, -0.2) is 22.3 Å². The van der Waals surface area contributed by atoms with E-state index in [1.165, 1.54) is 0 Å². The lowest BCUT2D eigenvalue weighted by atomic mass is 10.1. The Morgan fingerprint density at radius 3 is 2.41 bits per heavy atom. The maximum absolute atomic E-state index is 13.5. The van der Waals surface area contributed by atoms with E-state index in [-0.39, 0.29) is 16.8 Å². The highest BCUT2D eigenvalue weighted by Gasteiger charge is 2.37. The Kier molecular flexibility index (Phi) is 4.02. The van der Waals surface area contributed by atoms with Crippen molar-refractivity contribution in [2.75, 3.05) is 11.1 Å². The summed E-state index contributed by atoms with van der Waals surface area (Å²) in [4.78, 5) is 46.9. The number of nitrogens with two attached hydrogens (primary N) is 1. The molecule has 0 fully saturated rings. The van der Waals surface area contributed by atoms with Gasteiger partial charge in [-0.3, -0.25) is 29.1 Å². The number of anilines is 2. The molecular weight excluding hydrogens is 369 g/mol. The van der Waals surface area contributed by atoms with Gasteiger partial charge in [0.2, 0.25) is 5.91 Å². The van der Waals surface area contributed by atoms with E-state index in [0.29, 0.717) is 10.6 Å². The van der Waals surface area contributed by atoms with Crippen LogP contribution in [0.5, 0.6) is 0 Å². The average Bonchev–Trinajstić information content (AvgIpc) is 2.81. The van der Waals surface area contributed by atoms with E-state index < -0.39 is 46.5 Å². The van der Waals surface area contributed by atoms with Crippen molar-refractivity contribution in [1.29, 1.82) is 0 Å². The van der Waals surface area contributed by atoms with Gasteiger partial charge in [0.1, 0.15) is 5.82 Å². The van der Waals surface area contributed by atoms with Gasteiger partial charge in [-0.15, -0.1) is 0 Å². The van der Waals surface area contributed by atoms with Crippen LogP contribution < -0.4 is 21.9 Å². The molecule has 1 aliphatic heterocycles. The highest BCUT2D eigenvalue weighted by molar-refractivity contribution is 6.23. The van der Waals surface area contributed by atoms with Crippen LogP contribution in [0, 0.1) is 0 Å². The molecule has 0 aliphatic carbocycles. The second-order valence-electron chi connectivity index (χ2n) is 5.69. The number of nitrogens with zero attached hydrogens (tertiary/aromatic N) is 1. The summed E-state index contributed by atoms with van der Waals surface area (Å²) in [6.07, 6.45) is -4.90. The van der Waals surface area contributed by atoms with Crippen LogP contribution in [0.4, 0.5) is 24.7 Å². The van der Waals surface area contributed by atoms with Gasteiger partial charge in [-0.25, -0.2) is 0 Å². The molecule has 0 unspecified atom stereocenters. The SMILES string of the molecule is CC(=O)Nc1ccc(-n2c(N)c3c(cc2=O)C(=O)NC3=O)c(C(F)(F)F)c1. The molecule has 11 heteroatoms. The molecule has 8 nitrogen and oxygen atoms in total. The fraction of sp³-hybridized carbons (Fsp3) is 0.125. The van der Waals surface area contributed by atoms with Crippen molar-refractivity contribution in [1.82, 2.24) is 9.88 Å². The molecule has 2 aromatic rings. The van der Waals surface area contributed by atoms with Gasteiger partial charge in [-0.2, -0.15) is 13.2 Å². The summed E-state index contributed by atoms with van der Waals surface area (Å²) in [5.74, 6) is -2.95. The van der Waals surface area contributed by atoms with Crippen LogP contribution in [0.15, 0.2) is 29.1 Å². The molecule has 4 N–H and O–H groups in total. The Hall–Kier alpha value is -3.63. The van der Waals surface area contributed by atoms with Gasteiger partial charge in [0.25, 0.3) is 17.4 Å². The van der Waals surface area contributed by atoms with E-state index in [9.17, 15) is 32.3 Å². The topological polar surface area (TPSA) is 123 Å². The summed E-state index contributed by atoms with van der Waals surface area (Å²) in [5, 5.41) is 4.14. The Morgan fingerprint density at radius 2 is 1.81 bits per heavy atom. The summed E-state index contributed by atoms with van der Waals surface area (Å²) in [6.45, 7) is 1.12. The molecular formula is C16H11F3N4O4. The van der Waals surface area contributed by atoms with Crippen molar-refractivity contribution in [3.63, 3.8) is 0 Å². The number of carbonyl (C=O) groups excluding carboxylic acids is 3. The number of aromatic nitrogens is 1. The van der Waals surface area contributed by atoms with Crippen molar-refractivity contribution in [2.24, 2.45) is 0 Å². The minimum Gasteiger partial charge on any atom is -0.384 e. The lowest BCUT2D eigenvalue weighted by molar-refractivity contribution is -0.137. The molecule has 0 saturated heterocycles. The Balaban J connectivity index is 2.31. The zero-order chi connectivity index (χ0) is 20.1. The number of halogens is 3. The second kappa shape index (κ2) is 5.97. The monoisotopic (exact) mass is 380 g/mol. The molecule has 2 heterocycles. The molecule has 3 amide bonds. The number of rotatable bonds is 2. The van der Waals surface area contributed by atoms with Crippen LogP contribution in [-0.2, 0) is 11.0 Å². The first-order valence-electron chi connectivity index (χ1n) is 7.41. The third kappa shape index (κ3) is 3.03. The standard InChI is InChI=1S/C16H11F3N4O4/c1-6(24)21-7-2-3-10(9(4-7)16(17,18)19)23-11(25)5-8-12(13(23)20)15(27)22-14(8)26/h2-5H,20H2,1H3,(H,21,24)(H,22,26,27). The minimum atomic E-state index is -4.90. The quantitative estimate of drug-likeness (QED) is 0.678. The largest absolute Gasteiger partial charge is 0.418 e. The second-order valence-corrected chi connectivity index (χ2v) is 5.69. The van der Waals surface area contributed by atoms with E-state index >= 15 is 0 Å². The normalized spacial score (nSPS) is 13.3. The van der Waals surface area contributed by atoms with Crippen LogP contribution >= 0.6 is 0 Å². The van der Waals surface area contributed by atoms with Gasteiger partial charge < -0.3 is 11.1 Å². The Bertz CT molecular complexity index is 1070. The van der Waals surface area contributed by atoms with E-state index in [4.69, 9.17) is 5.73 Å². The molecule has 3 rings (SSSR count). The molecule has 1 aliphatic rings. The number of amides is 3. The fourth-order valence-electron chi connectivity index (χ4n) is 2.77. The summed E-state index contributed by atoms with van der Waals surface area (Å²) < 4.78 is 41.1. The number of nitrogens with one attached hydrogen (secondary N) is 2. The zero-order valence-electron chi connectivity index (χ0n) is 13.6. The summed E-state index contributed by atoms with van der Waals surface area (Å²) in [6, 6.07) is 3.47. The van der Waals surface area contributed by atoms with Crippen LogP contribution in [0.25, 0.3) is 5.69 Å². The summed E-state index contributed by atoms with van der Waals surface area (Å²) in [5.41, 5.74) is 2.02. The number of hydrogen-bond donors (Lipinski definition) is 3. The molecule has 0 radical (unpaired) electrons. The number of imide groups is 1. The number of carbonyl (C=O) groups is 3. The molecule has 27 heavy (non-hydrogen) atoms. The maximum atomic E-state index is 13.5. The third-order valence-corrected chi connectivity index (χ3v) is 3.82. The molecule has 0 bridgehead atoms. The van der Waals surface area contributed by atoms with Gasteiger partial charge >= 0.3 is 6.18 Å². The van der Waals surface area contributed by atoms with E-state index in [2.05, 4.69) is 5.32 Å². The number of alkyl halides is 3. The molecule has 1 aromatic carbocycles. The highest BCUT2D eigenvalue weighted by atomic mass is 19.4. The van der Waals surface area contributed by atoms with Crippen LogP contribution in [0.2, 0.25) is 0 Å². The van der Waals surface area contributed by atoms with Gasteiger partial charge in [0.15, 0.2) is 0 Å². The predicted molar refractivity (Wildman–Crippen MR) is 87.6 cm³/mol. The smallest absolute Gasteiger partial charge is 0.384 e. The molecule has 0 spiro atoms. The zero-order valence-corrected chi connectivity index (χ0v) is 13.6. The van der Waals surface area contributed by atoms with Crippen molar-refractivity contribution >= 4 is 29.2 Å². The number of fused-ring (bicyclic) bond motifs is 1. The first-order chi connectivity index (χ1) is 12.5. The molecule has 140 valence electrons. The molecule has 0 atom stereocenters. The van der Waals surface area contributed by atoms with Gasteiger partial charge in [0, 0.05) is 18.7 Å². The van der Waals surface area contributed by atoms with Crippen molar-refractivity contribution in [3.8, 4) is 5.69 Å². The Morgan fingerprint density at radius 1 is 1.15 bits per heavy atom. The highest BCUT2D eigenvalue weighted by Crippen LogP contribution is 2.36. The number of nitrogen functional groups attached to an aromatic ring is 1. The lowest BCUT2D eigenvalue weighted by Gasteiger charge is -2.18. The van der Waals surface area contributed by atoms with E-state index in [0.717, 1.165) is 25.1 Å². The first-order valence-corrected chi connectivity index (χ1v) is 7.41. The van der Waals surface area contributed by atoms with Crippen LogP contribution in [0.3, 0.4) is 0 Å². The average molecular weight is 380 g/mol. The summed E-state index contributed by atoms with van der Waals surface area (Å²) >= 11 is 0. The number of hydrogen-bond acceptors (Lipinski definition) is 5. The van der Waals surface area contributed by atoms with Crippen molar-refractivity contribution in [2.45, 2.75) is 13.1 Å². The summed E-state index contributed by atoms with van der Waals surface area (Å²) in [7, 11) is 0. The lowest BCUT2D eigenvalue weighted by Crippen LogP contribution is -2.26. The molecule has 1 aromatic heterocycles. The minimum absolute atomic E-state index is 0.140. The molecule has 0 saturated carbocycles. The number of pyridine rings is 1. The van der Waals surface area contributed by atoms with E-state index in [1.807, 2.05) is 5.32 Å². The third-order valence-electron chi connectivity index (χ3n) is 3.82. The van der Waals surface area contributed by atoms with Crippen LogP contribution in [0.1, 0.15) is 33.2 Å². The van der Waals surface area contributed by atoms with Gasteiger partial charge in [-0.05, 0) is 18.2 Å². The predicted octanol–water partition coefficient (Wildman–Crippen LogP) is 1.28. The van der Waals surface area contributed by atoms with Crippen molar-refractivity contribution in [3.05, 3.63) is 51.3 Å². The van der Waals surface area contributed by atoms with Crippen molar-refractivity contribution < 1.29 is 27.6 Å². The van der Waals surface area contributed by atoms with E-state index in [1.54, 1.807) is 0 Å². The fourth-order valence-corrected chi connectivity index (χ4v) is 2.77. The number of benzene rings is 1.